The molecular weight excluding hydrogens is 246 g/mol. The predicted octanol–water partition coefficient (Wildman–Crippen LogP) is 3.94. The molecule has 1 N–H and O–H groups in total. The lowest BCUT2D eigenvalue weighted by Gasteiger charge is -2.28. The van der Waals surface area contributed by atoms with Crippen LogP contribution in [0, 0.1) is 5.92 Å². The molecule has 1 unspecified atom stereocenters. The average Bonchev–Trinajstić information content (AvgIpc) is 2.84. The smallest absolute Gasteiger partial charge is 0.0492 e. The van der Waals surface area contributed by atoms with Crippen LogP contribution in [0.4, 0.5) is 0 Å². The van der Waals surface area contributed by atoms with Gasteiger partial charge in [-0.3, -0.25) is 4.68 Å². The van der Waals surface area contributed by atoms with E-state index in [1.807, 2.05) is 17.9 Å². The van der Waals surface area contributed by atoms with Crippen LogP contribution in [0.25, 0.3) is 0 Å². The van der Waals surface area contributed by atoms with Crippen molar-refractivity contribution >= 4 is 0 Å². The molecule has 1 aromatic heterocycles. The lowest BCUT2D eigenvalue weighted by atomic mass is 9.87. The summed E-state index contributed by atoms with van der Waals surface area (Å²) in [5.41, 5.74) is 1.35. The number of aryl methyl sites for hydroxylation is 2. The number of rotatable bonds is 11. The van der Waals surface area contributed by atoms with Crippen molar-refractivity contribution < 1.29 is 0 Å². The van der Waals surface area contributed by atoms with Crippen molar-refractivity contribution in [1.29, 1.82) is 0 Å². The van der Waals surface area contributed by atoms with E-state index in [1.54, 1.807) is 0 Å². The molecule has 0 aliphatic heterocycles. The van der Waals surface area contributed by atoms with Gasteiger partial charge < -0.3 is 5.32 Å². The summed E-state index contributed by atoms with van der Waals surface area (Å²) in [6.45, 7) is 8.00. The minimum absolute atomic E-state index is 0.657. The normalized spacial score (nSPS) is 13.1. The highest BCUT2D eigenvalue weighted by Gasteiger charge is 2.19. The van der Waals surface area contributed by atoms with E-state index in [4.69, 9.17) is 0 Å². The number of aromatic nitrogens is 2. The molecule has 0 fully saturated rings. The van der Waals surface area contributed by atoms with Crippen LogP contribution in [-0.4, -0.2) is 22.4 Å². The van der Waals surface area contributed by atoms with Gasteiger partial charge in [-0.2, -0.15) is 5.10 Å². The molecule has 1 atom stereocenters. The van der Waals surface area contributed by atoms with Crippen molar-refractivity contribution in [1.82, 2.24) is 15.1 Å². The van der Waals surface area contributed by atoms with Gasteiger partial charge in [-0.1, -0.05) is 33.6 Å². The summed E-state index contributed by atoms with van der Waals surface area (Å²) in [4.78, 5) is 0. The molecule has 1 rings (SSSR count). The maximum atomic E-state index is 4.27. The maximum absolute atomic E-state index is 4.27. The van der Waals surface area contributed by atoms with E-state index >= 15 is 0 Å². The molecule has 116 valence electrons. The lowest BCUT2D eigenvalue weighted by Crippen LogP contribution is -2.37. The lowest BCUT2D eigenvalue weighted by molar-refractivity contribution is 0.295. The summed E-state index contributed by atoms with van der Waals surface area (Å²) >= 11 is 0. The van der Waals surface area contributed by atoms with Gasteiger partial charge >= 0.3 is 0 Å². The molecule has 0 saturated carbocycles. The van der Waals surface area contributed by atoms with E-state index < -0.39 is 0 Å². The van der Waals surface area contributed by atoms with E-state index in [9.17, 15) is 0 Å². The second kappa shape index (κ2) is 9.98. The van der Waals surface area contributed by atoms with Gasteiger partial charge in [-0.15, -0.1) is 0 Å². The van der Waals surface area contributed by atoms with Gasteiger partial charge in [0.2, 0.25) is 0 Å². The van der Waals surface area contributed by atoms with Gasteiger partial charge in [-0.25, -0.2) is 0 Å². The summed E-state index contributed by atoms with van der Waals surface area (Å²) in [5, 5.41) is 8.06. The number of nitrogens with zero attached hydrogens (tertiary/aromatic N) is 2. The maximum Gasteiger partial charge on any atom is 0.0492 e. The largest absolute Gasteiger partial charge is 0.314 e. The number of hydrogen-bond acceptors (Lipinski definition) is 2. The fourth-order valence-electron chi connectivity index (χ4n) is 3.07. The summed E-state index contributed by atoms with van der Waals surface area (Å²) < 4.78 is 2.01. The first kappa shape index (κ1) is 17.2. The fourth-order valence-corrected chi connectivity index (χ4v) is 3.07. The van der Waals surface area contributed by atoms with Gasteiger partial charge in [0.05, 0.1) is 0 Å². The van der Waals surface area contributed by atoms with Crippen LogP contribution in [0.5, 0.6) is 0 Å². The monoisotopic (exact) mass is 279 g/mol. The molecule has 0 radical (unpaired) electrons. The van der Waals surface area contributed by atoms with Gasteiger partial charge in [0.15, 0.2) is 0 Å². The Morgan fingerprint density at radius 3 is 2.30 bits per heavy atom. The van der Waals surface area contributed by atoms with Crippen LogP contribution in [-0.2, 0) is 13.5 Å². The third kappa shape index (κ3) is 5.66. The Morgan fingerprint density at radius 1 is 1.10 bits per heavy atom. The zero-order valence-electron chi connectivity index (χ0n) is 13.9. The zero-order chi connectivity index (χ0) is 14.8. The van der Waals surface area contributed by atoms with E-state index in [0.717, 1.165) is 18.9 Å². The molecule has 0 saturated heterocycles. The minimum atomic E-state index is 0.657. The van der Waals surface area contributed by atoms with Gasteiger partial charge in [-0.05, 0) is 50.6 Å². The Balaban J connectivity index is 2.59. The van der Waals surface area contributed by atoms with Crippen LogP contribution < -0.4 is 5.32 Å². The van der Waals surface area contributed by atoms with E-state index in [1.165, 1.54) is 44.2 Å². The van der Waals surface area contributed by atoms with Crippen LogP contribution in [0.3, 0.4) is 0 Å². The van der Waals surface area contributed by atoms with Crippen LogP contribution in [0.15, 0.2) is 12.3 Å². The molecule has 1 heterocycles. The Hall–Kier alpha value is -0.830. The van der Waals surface area contributed by atoms with E-state index in [0.29, 0.717) is 6.04 Å². The molecule has 0 aliphatic rings. The van der Waals surface area contributed by atoms with Crippen molar-refractivity contribution in [3.63, 3.8) is 0 Å². The molecule has 0 bridgehead atoms. The van der Waals surface area contributed by atoms with Crippen molar-refractivity contribution in [2.45, 2.75) is 71.8 Å². The van der Waals surface area contributed by atoms with E-state index in [2.05, 4.69) is 37.3 Å². The Bertz CT molecular complexity index is 340. The molecule has 0 aromatic carbocycles. The first-order valence-corrected chi connectivity index (χ1v) is 8.43. The molecule has 3 heteroatoms. The predicted molar refractivity (Wildman–Crippen MR) is 86.9 cm³/mol. The quantitative estimate of drug-likeness (QED) is 0.665. The molecule has 0 spiro atoms. The fraction of sp³-hybridized carbons (Fsp3) is 0.824. The van der Waals surface area contributed by atoms with Crippen molar-refractivity contribution in [3.05, 3.63) is 18.0 Å². The van der Waals surface area contributed by atoms with Gasteiger partial charge in [0.25, 0.3) is 0 Å². The molecular formula is C17H33N3. The molecule has 1 aromatic rings. The zero-order valence-corrected chi connectivity index (χ0v) is 13.9. The van der Waals surface area contributed by atoms with E-state index in [-0.39, 0.29) is 0 Å². The Labute approximate surface area is 125 Å². The van der Waals surface area contributed by atoms with Crippen molar-refractivity contribution in [2.75, 3.05) is 6.54 Å². The van der Waals surface area contributed by atoms with Gasteiger partial charge in [0.1, 0.15) is 0 Å². The van der Waals surface area contributed by atoms with Crippen LogP contribution in [0.2, 0.25) is 0 Å². The average molecular weight is 279 g/mol. The second-order valence-electron chi connectivity index (χ2n) is 5.88. The minimum Gasteiger partial charge on any atom is -0.314 e. The highest BCUT2D eigenvalue weighted by Crippen LogP contribution is 2.21. The van der Waals surface area contributed by atoms with Crippen LogP contribution >= 0.6 is 0 Å². The third-order valence-electron chi connectivity index (χ3n) is 4.18. The molecule has 20 heavy (non-hydrogen) atoms. The highest BCUT2D eigenvalue weighted by atomic mass is 15.2. The van der Waals surface area contributed by atoms with Crippen molar-refractivity contribution in [3.8, 4) is 0 Å². The topological polar surface area (TPSA) is 29.9 Å². The molecule has 0 amide bonds. The molecule has 0 aliphatic carbocycles. The Kier molecular flexibility index (Phi) is 8.59. The number of nitrogens with one attached hydrogen (secondary N) is 1. The molecule has 3 nitrogen and oxygen atoms in total. The first-order valence-electron chi connectivity index (χ1n) is 8.43. The first-order chi connectivity index (χ1) is 9.72. The highest BCUT2D eigenvalue weighted by molar-refractivity contribution is 5.00. The van der Waals surface area contributed by atoms with Gasteiger partial charge in [0, 0.05) is 25.0 Å². The third-order valence-corrected chi connectivity index (χ3v) is 4.18. The summed E-state index contributed by atoms with van der Waals surface area (Å²) in [5.74, 6) is 0.824. The standard InChI is InChI=1S/C17H33N3/c1-5-8-15(9-6-2)17(18-13-7-3)11-10-16-12-14-19-20(16)4/h12,14-15,17-18H,5-11,13H2,1-4H3. The van der Waals surface area contributed by atoms with Crippen LogP contribution in [0.1, 0.15) is 65.0 Å². The SMILES string of the molecule is CCCNC(CCc1ccnn1C)C(CCC)CCC. The summed E-state index contributed by atoms with van der Waals surface area (Å²) in [6, 6.07) is 2.80. The van der Waals surface area contributed by atoms with Crippen molar-refractivity contribution in [2.24, 2.45) is 13.0 Å². The Morgan fingerprint density at radius 2 is 1.80 bits per heavy atom. The number of hydrogen-bond donors (Lipinski definition) is 1. The summed E-state index contributed by atoms with van der Waals surface area (Å²) in [7, 11) is 2.04. The summed E-state index contributed by atoms with van der Waals surface area (Å²) in [6.07, 6.45) is 10.8. The second-order valence-corrected chi connectivity index (χ2v) is 5.88.